The van der Waals surface area contributed by atoms with E-state index in [1.54, 1.807) is 0 Å². The van der Waals surface area contributed by atoms with Crippen molar-refractivity contribution >= 4 is 11.6 Å². The van der Waals surface area contributed by atoms with Crippen molar-refractivity contribution < 1.29 is 22.7 Å². The van der Waals surface area contributed by atoms with Gasteiger partial charge < -0.3 is 15.8 Å². The third-order valence-electron chi connectivity index (χ3n) is 2.20. The molecule has 0 bridgehead atoms. The maximum absolute atomic E-state index is 12.8. The first-order valence-corrected chi connectivity index (χ1v) is 5.07. The maximum Gasteiger partial charge on any atom is 0.418 e. The molecular weight excluding hydrogens is 249 g/mol. The molecule has 0 saturated carbocycles. The Morgan fingerprint density at radius 1 is 1.44 bits per heavy atom. The van der Waals surface area contributed by atoms with Gasteiger partial charge >= 0.3 is 6.18 Å². The number of amides is 1. The first kappa shape index (κ1) is 14.3. The fraction of sp³-hybridized carbons (Fsp3) is 0.364. The summed E-state index contributed by atoms with van der Waals surface area (Å²) in [6.45, 7) is 1.38. The van der Waals surface area contributed by atoms with Crippen molar-refractivity contribution in [1.29, 1.82) is 0 Å². The van der Waals surface area contributed by atoms with Gasteiger partial charge in [-0.1, -0.05) is 0 Å². The molecule has 1 amide bonds. The van der Waals surface area contributed by atoms with Crippen LogP contribution >= 0.6 is 0 Å². The van der Waals surface area contributed by atoms with Crippen LogP contribution in [0, 0.1) is 0 Å². The number of benzene rings is 1. The molecule has 1 aromatic carbocycles. The standard InChI is InChI=1S/C11H13F3N2O2/c1-6(15)10(17)16-9-4-3-7(18-2)5-8(9)11(12,13)14/h3-6H,15H2,1-2H3,(H,16,17)/t6-/m0/s1. The number of carbonyl (C=O) groups is 1. The van der Waals surface area contributed by atoms with E-state index in [4.69, 9.17) is 10.5 Å². The van der Waals surface area contributed by atoms with E-state index in [2.05, 4.69) is 5.32 Å². The van der Waals surface area contributed by atoms with Gasteiger partial charge in [-0.2, -0.15) is 13.2 Å². The number of nitrogens with two attached hydrogens (primary N) is 1. The van der Waals surface area contributed by atoms with Crippen LogP contribution in [0.1, 0.15) is 12.5 Å². The Balaban J connectivity index is 3.15. The largest absolute Gasteiger partial charge is 0.497 e. The Morgan fingerprint density at radius 3 is 2.50 bits per heavy atom. The Kier molecular flexibility index (Phi) is 4.18. The van der Waals surface area contributed by atoms with Gasteiger partial charge in [0.2, 0.25) is 5.91 Å². The van der Waals surface area contributed by atoms with Crippen molar-refractivity contribution in [3.63, 3.8) is 0 Å². The van der Waals surface area contributed by atoms with Gasteiger partial charge in [0.1, 0.15) is 5.75 Å². The summed E-state index contributed by atoms with van der Waals surface area (Å²) in [5, 5.41) is 2.13. The molecule has 1 atom stereocenters. The zero-order valence-corrected chi connectivity index (χ0v) is 9.84. The molecular formula is C11H13F3N2O2. The lowest BCUT2D eigenvalue weighted by Gasteiger charge is -2.15. The second kappa shape index (κ2) is 5.26. The second-order valence-electron chi connectivity index (χ2n) is 3.69. The molecule has 0 aliphatic rings. The van der Waals surface area contributed by atoms with E-state index in [1.165, 1.54) is 20.1 Å². The van der Waals surface area contributed by atoms with Crippen LogP contribution in [0.3, 0.4) is 0 Å². The molecule has 0 radical (unpaired) electrons. The lowest BCUT2D eigenvalue weighted by molar-refractivity contribution is -0.137. The number of alkyl halides is 3. The molecule has 0 aliphatic carbocycles. The highest BCUT2D eigenvalue weighted by atomic mass is 19.4. The van der Waals surface area contributed by atoms with Crippen molar-refractivity contribution in [3.05, 3.63) is 23.8 Å². The van der Waals surface area contributed by atoms with Crippen LogP contribution in [-0.2, 0) is 11.0 Å². The quantitative estimate of drug-likeness (QED) is 0.875. The Hall–Kier alpha value is -1.76. The van der Waals surface area contributed by atoms with Crippen LogP contribution in [0.25, 0.3) is 0 Å². The molecule has 100 valence electrons. The van der Waals surface area contributed by atoms with E-state index in [-0.39, 0.29) is 11.4 Å². The van der Waals surface area contributed by atoms with E-state index in [1.807, 2.05) is 0 Å². The summed E-state index contributed by atoms with van der Waals surface area (Å²) in [5.41, 5.74) is 3.96. The third kappa shape index (κ3) is 3.36. The predicted octanol–water partition coefficient (Wildman–Crippen LogP) is 2.00. The maximum atomic E-state index is 12.8. The van der Waals surface area contributed by atoms with E-state index in [9.17, 15) is 18.0 Å². The molecule has 4 nitrogen and oxygen atoms in total. The minimum atomic E-state index is -4.59. The van der Waals surface area contributed by atoms with Gasteiger partial charge in [-0.25, -0.2) is 0 Å². The van der Waals surface area contributed by atoms with Crippen molar-refractivity contribution in [2.75, 3.05) is 12.4 Å². The lowest BCUT2D eigenvalue weighted by Crippen LogP contribution is -2.33. The van der Waals surface area contributed by atoms with Crippen LogP contribution in [0.5, 0.6) is 5.75 Å². The molecule has 0 aliphatic heterocycles. The lowest BCUT2D eigenvalue weighted by atomic mass is 10.1. The molecule has 1 aromatic rings. The molecule has 0 saturated heterocycles. The third-order valence-corrected chi connectivity index (χ3v) is 2.20. The first-order chi connectivity index (χ1) is 8.25. The number of hydrogen-bond donors (Lipinski definition) is 2. The summed E-state index contributed by atoms with van der Waals surface area (Å²) in [4.78, 5) is 11.3. The fourth-order valence-electron chi connectivity index (χ4n) is 1.24. The molecule has 0 aromatic heterocycles. The van der Waals surface area contributed by atoms with Crippen LogP contribution < -0.4 is 15.8 Å². The van der Waals surface area contributed by atoms with Crippen LogP contribution in [0.2, 0.25) is 0 Å². The zero-order chi connectivity index (χ0) is 13.9. The van der Waals surface area contributed by atoms with Crippen molar-refractivity contribution in [3.8, 4) is 5.75 Å². The van der Waals surface area contributed by atoms with E-state index < -0.39 is 23.7 Å². The summed E-state index contributed by atoms with van der Waals surface area (Å²) < 4.78 is 43.1. The van der Waals surface area contributed by atoms with Gasteiger partial charge in [0.15, 0.2) is 0 Å². The molecule has 1 rings (SSSR count). The van der Waals surface area contributed by atoms with Crippen molar-refractivity contribution in [1.82, 2.24) is 0 Å². The number of carbonyl (C=O) groups excluding carboxylic acids is 1. The predicted molar refractivity (Wildman–Crippen MR) is 60.3 cm³/mol. The molecule has 3 N–H and O–H groups in total. The van der Waals surface area contributed by atoms with Gasteiger partial charge in [0, 0.05) is 0 Å². The van der Waals surface area contributed by atoms with Crippen LogP contribution in [-0.4, -0.2) is 19.1 Å². The van der Waals surface area contributed by atoms with Gasteiger partial charge in [0.25, 0.3) is 0 Å². The summed E-state index contributed by atoms with van der Waals surface area (Å²) in [5.74, 6) is -0.633. The van der Waals surface area contributed by atoms with E-state index in [0.29, 0.717) is 0 Å². The highest BCUT2D eigenvalue weighted by molar-refractivity contribution is 5.95. The van der Waals surface area contributed by atoms with Gasteiger partial charge in [0.05, 0.1) is 24.4 Å². The fourth-order valence-corrected chi connectivity index (χ4v) is 1.24. The normalized spacial score (nSPS) is 13.0. The smallest absolute Gasteiger partial charge is 0.418 e. The van der Waals surface area contributed by atoms with E-state index >= 15 is 0 Å². The van der Waals surface area contributed by atoms with Crippen molar-refractivity contribution in [2.24, 2.45) is 5.73 Å². The molecule has 0 fully saturated rings. The van der Waals surface area contributed by atoms with Gasteiger partial charge in [-0.3, -0.25) is 4.79 Å². The van der Waals surface area contributed by atoms with E-state index in [0.717, 1.165) is 12.1 Å². The summed E-state index contributed by atoms with van der Waals surface area (Å²) >= 11 is 0. The molecule has 0 unspecified atom stereocenters. The SMILES string of the molecule is COc1ccc(NC(=O)[C@H](C)N)c(C(F)(F)F)c1. The second-order valence-corrected chi connectivity index (χ2v) is 3.69. The van der Waals surface area contributed by atoms with Gasteiger partial charge in [-0.05, 0) is 25.1 Å². The highest BCUT2D eigenvalue weighted by Gasteiger charge is 2.34. The van der Waals surface area contributed by atoms with Gasteiger partial charge in [-0.15, -0.1) is 0 Å². The number of halogens is 3. The summed E-state index contributed by atoms with van der Waals surface area (Å²) in [6.07, 6.45) is -4.59. The zero-order valence-electron chi connectivity index (χ0n) is 9.84. The average Bonchev–Trinajstić information content (AvgIpc) is 2.27. The Morgan fingerprint density at radius 2 is 2.06 bits per heavy atom. The number of rotatable bonds is 3. The Bertz CT molecular complexity index is 444. The Labute approximate surface area is 102 Å². The monoisotopic (exact) mass is 262 g/mol. The minimum Gasteiger partial charge on any atom is -0.497 e. The number of ether oxygens (including phenoxy) is 1. The van der Waals surface area contributed by atoms with Crippen LogP contribution in [0.4, 0.5) is 18.9 Å². The average molecular weight is 262 g/mol. The van der Waals surface area contributed by atoms with Crippen LogP contribution in [0.15, 0.2) is 18.2 Å². The summed E-state index contributed by atoms with van der Waals surface area (Å²) in [7, 11) is 1.26. The molecule has 0 spiro atoms. The number of methoxy groups -OCH3 is 1. The topological polar surface area (TPSA) is 64.3 Å². The molecule has 0 heterocycles. The minimum absolute atomic E-state index is 0.0566. The summed E-state index contributed by atoms with van der Waals surface area (Å²) in [6, 6.07) is 2.37. The first-order valence-electron chi connectivity index (χ1n) is 5.07. The number of anilines is 1. The number of hydrogen-bond acceptors (Lipinski definition) is 3. The highest BCUT2D eigenvalue weighted by Crippen LogP contribution is 2.37. The molecule has 18 heavy (non-hydrogen) atoms. The number of nitrogens with one attached hydrogen (secondary N) is 1. The molecule has 7 heteroatoms. The van der Waals surface area contributed by atoms with Crippen molar-refractivity contribution in [2.45, 2.75) is 19.1 Å².